The Morgan fingerprint density at radius 2 is 1.96 bits per heavy atom. The number of hydrogen-bond acceptors (Lipinski definition) is 6. The predicted octanol–water partition coefficient (Wildman–Crippen LogP) is 3.72. The summed E-state index contributed by atoms with van der Waals surface area (Å²) in [7, 11) is 1.47. The van der Waals surface area contributed by atoms with Crippen molar-refractivity contribution >= 4 is 17.5 Å². The summed E-state index contributed by atoms with van der Waals surface area (Å²) < 4.78 is 28.3. The molecule has 2 aromatic rings. The number of methoxy groups -OCH3 is 1. The molecule has 1 amide bonds. The third-order valence-corrected chi connectivity index (χ3v) is 4.34. The highest BCUT2D eigenvalue weighted by atomic mass is 19.1. The van der Waals surface area contributed by atoms with E-state index < -0.39 is 19.1 Å². The standard InChI is InChI=1S/C20H22FN3O4/c1-3-16-19(14-6-9-17(27-12-21)18(10-14)26-2)23-24(20(25)28-16)11-13-4-7-15(22)8-5-13/h4-10,16H,3,11-12,22H2,1-2H3. The van der Waals surface area contributed by atoms with Crippen molar-refractivity contribution < 1.29 is 23.4 Å². The number of rotatable bonds is 7. The van der Waals surface area contributed by atoms with Crippen LogP contribution in [-0.4, -0.2) is 36.9 Å². The molecule has 7 nitrogen and oxygen atoms in total. The maximum atomic E-state index is 12.5. The van der Waals surface area contributed by atoms with Crippen LogP contribution in [0.1, 0.15) is 24.5 Å². The second kappa shape index (κ2) is 8.60. The van der Waals surface area contributed by atoms with Gasteiger partial charge in [-0.25, -0.2) is 9.18 Å². The fourth-order valence-electron chi connectivity index (χ4n) is 2.89. The number of nitrogens with zero attached hydrogens (tertiary/aromatic N) is 2. The number of nitrogens with two attached hydrogens (primary N) is 1. The average molecular weight is 387 g/mol. The van der Waals surface area contributed by atoms with E-state index in [0.717, 1.165) is 5.56 Å². The zero-order valence-electron chi connectivity index (χ0n) is 15.7. The molecular formula is C20H22FN3O4. The lowest BCUT2D eigenvalue weighted by molar-refractivity contribution is 0.0712. The van der Waals surface area contributed by atoms with E-state index in [9.17, 15) is 9.18 Å². The summed E-state index contributed by atoms with van der Waals surface area (Å²) in [4.78, 5) is 12.4. The highest BCUT2D eigenvalue weighted by molar-refractivity contribution is 6.06. The average Bonchev–Trinajstić information content (AvgIpc) is 2.71. The van der Waals surface area contributed by atoms with Crippen molar-refractivity contribution in [2.24, 2.45) is 5.10 Å². The van der Waals surface area contributed by atoms with Crippen LogP contribution < -0.4 is 15.2 Å². The molecule has 8 heteroatoms. The van der Waals surface area contributed by atoms with Gasteiger partial charge in [0.25, 0.3) is 0 Å². The molecule has 1 aliphatic heterocycles. The lowest BCUT2D eigenvalue weighted by Crippen LogP contribution is -2.41. The minimum atomic E-state index is -0.957. The molecule has 3 rings (SSSR count). The molecule has 1 unspecified atom stereocenters. The Kier molecular flexibility index (Phi) is 5.98. The number of halogens is 1. The molecule has 0 saturated carbocycles. The first-order chi connectivity index (χ1) is 13.5. The van der Waals surface area contributed by atoms with Gasteiger partial charge in [-0.15, -0.1) is 0 Å². The van der Waals surface area contributed by atoms with E-state index in [1.165, 1.54) is 12.1 Å². The van der Waals surface area contributed by atoms with Gasteiger partial charge >= 0.3 is 6.09 Å². The number of hydrogen-bond donors (Lipinski definition) is 1. The van der Waals surface area contributed by atoms with Gasteiger partial charge in [-0.05, 0) is 42.3 Å². The highest BCUT2D eigenvalue weighted by Gasteiger charge is 2.31. The molecule has 1 atom stereocenters. The Hall–Kier alpha value is -3.29. The van der Waals surface area contributed by atoms with Gasteiger partial charge in [0.15, 0.2) is 11.5 Å². The molecule has 0 aliphatic carbocycles. The fourth-order valence-corrected chi connectivity index (χ4v) is 2.89. The summed E-state index contributed by atoms with van der Waals surface area (Å²) in [5.41, 5.74) is 8.50. The number of cyclic esters (lactones) is 1. The quantitative estimate of drug-likeness (QED) is 0.732. The van der Waals surface area contributed by atoms with Crippen LogP contribution in [-0.2, 0) is 11.3 Å². The van der Waals surface area contributed by atoms with Gasteiger partial charge in [-0.2, -0.15) is 10.1 Å². The molecule has 0 aromatic heterocycles. The normalized spacial score (nSPS) is 16.4. The Bertz CT molecular complexity index is 870. The molecule has 0 saturated heterocycles. The van der Waals surface area contributed by atoms with Gasteiger partial charge in [0, 0.05) is 11.3 Å². The molecule has 1 aliphatic rings. The number of ether oxygens (including phenoxy) is 3. The summed E-state index contributed by atoms with van der Waals surface area (Å²) in [6.07, 6.45) is -0.449. The van der Waals surface area contributed by atoms with Crippen molar-refractivity contribution in [3.63, 3.8) is 0 Å². The third-order valence-electron chi connectivity index (χ3n) is 4.34. The van der Waals surface area contributed by atoms with Crippen molar-refractivity contribution in [1.82, 2.24) is 5.01 Å². The van der Waals surface area contributed by atoms with Crippen molar-refractivity contribution in [3.8, 4) is 11.5 Å². The maximum absolute atomic E-state index is 12.5. The molecule has 2 aromatic carbocycles. The lowest BCUT2D eigenvalue weighted by Gasteiger charge is -2.29. The summed E-state index contributed by atoms with van der Waals surface area (Å²) in [5.74, 6) is 0.656. The summed E-state index contributed by atoms with van der Waals surface area (Å²) in [6, 6.07) is 12.2. The van der Waals surface area contributed by atoms with Crippen LogP contribution in [0.15, 0.2) is 47.6 Å². The monoisotopic (exact) mass is 387 g/mol. The maximum Gasteiger partial charge on any atom is 0.431 e. The summed E-state index contributed by atoms with van der Waals surface area (Å²) in [6.45, 7) is 1.20. The van der Waals surface area contributed by atoms with Crippen molar-refractivity contribution in [2.45, 2.75) is 26.0 Å². The van der Waals surface area contributed by atoms with Crippen LogP contribution >= 0.6 is 0 Å². The fraction of sp³-hybridized carbons (Fsp3) is 0.300. The number of anilines is 1. The first-order valence-electron chi connectivity index (χ1n) is 8.84. The number of nitrogen functional groups attached to an aromatic ring is 1. The largest absolute Gasteiger partial charge is 0.493 e. The summed E-state index contributed by atoms with van der Waals surface area (Å²) in [5, 5.41) is 5.80. The first kappa shape index (κ1) is 19.5. The van der Waals surface area contributed by atoms with Gasteiger partial charge in [-0.1, -0.05) is 19.1 Å². The van der Waals surface area contributed by atoms with E-state index in [4.69, 9.17) is 19.9 Å². The van der Waals surface area contributed by atoms with Crippen LogP contribution in [0.5, 0.6) is 11.5 Å². The molecule has 148 valence electrons. The SMILES string of the molecule is CCC1OC(=O)N(Cc2ccc(N)cc2)N=C1c1ccc(OCF)c(OC)c1. The minimum absolute atomic E-state index is 0.249. The molecule has 0 fully saturated rings. The lowest BCUT2D eigenvalue weighted by atomic mass is 10.0. The second-order valence-electron chi connectivity index (χ2n) is 6.18. The number of carbonyl (C=O) groups is 1. The molecular weight excluding hydrogens is 365 g/mol. The Balaban J connectivity index is 1.94. The van der Waals surface area contributed by atoms with Crippen LogP contribution in [0.25, 0.3) is 0 Å². The second-order valence-corrected chi connectivity index (χ2v) is 6.18. The van der Waals surface area contributed by atoms with E-state index in [1.807, 2.05) is 19.1 Å². The van der Waals surface area contributed by atoms with Crippen LogP contribution in [0.3, 0.4) is 0 Å². The van der Waals surface area contributed by atoms with Gasteiger partial charge in [0.1, 0.15) is 11.8 Å². The van der Waals surface area contributed by atoms with Gasteiger partial charge < -0.3 is 19.9 Å². The molecule has 2 N–H and O–H groups in total. The molecule has 0 bridgehead atoms. The van der Waals surface area contributed by atoms with Crippen molar-refractivity contribution in [1.29, 1.82) is 0 Å². The molecule has 28 heavy (non-hydrogen) atoms. The van der Waals surface area contributed by atoms with Crippen molar-refractivity contribution in [3.05, 3.63) is 53.6 Å². The smallest absolute Gasteiger partial charge is 0.431 e. The summed E-state index contributed by atoms with van der Waals surface area (Å²) >= 11 is 0. The van der Waals surface area contributed by atoms with Crippen LogP contribution in [0, 0.1) is 0 Å². The number of hydrazone groups is 1. The van der Waals surface area contributed by atoms with Gasteiger partial charge in [0.05, 0.1) is 13.7 Å². The molecule has 0 radical (unpaired) electrons. The number of benzene rings is 2. The zero-order valence-corrected chi connectivity index (χ0v) is 15.7. The van der Waals surface area contributed by atoms with Crippen LogP contribution in [0.2, 0.25) is 0 Å². The van der Waals surface area contributed by atoms with Gasteiger partial charge in [-0.3, -0.25) is 0 Å². The minimum Gasteiger partial charge on any atom is -0.493 e. The van der Waals surface area contributed by atoms with E-state index in [0.29, 0.717) is 29.1 Å². The van der Waals surface area contributed by atoms with Crippen LogP contribution in [0.4, 0.5) is 14.9 Å². The van der Waals surface area contributed by atoms with Gasteiger partial charge in [0.2, 0.25) is 6.86 Å². The van der Waals surface area contributed by atoms with Crippen molar-refractivity contribution in [2.75, 3.05) is 19.7 Å². The first-order valence-corrected chi connectivity index (χ1v) is 8.84. The van der Waals surface area contributed by atoms with E-state index in [1.54, 1.807) is 30.3 Å². The molecule has 1 heterocycles. The van der Waals surface area contributed by atoms with E-state index in [-0.39, 0.29) is 12.3 Å². The number of alkyl halides is 1. The van der Waals surface area contributed by atoms with E-state index >= 15 is 0 Å². The Labute approximate surface area is 162 Å². The Morgan fingerprint density at radius 3 is 2.61 bits per heavy atom. The zero-order chi connectivity index (χ0) is 20.1. The topological polar surface area (TPSA) is 86.4 Å². The molecule has 0 spiro atoms. The predicted molar refractivity (Wildman–Crippen MR) is 103 cm³/mol. The highest BCUT2D eigenvalue weighted by Crippen LogP contribution is 2.30. The number of amides is 1. The number of carbonyl (C=O) groups excluding carboxylic acids is 1. The third kappa shape index (κ3) is 4.16. The Morgan fingerprint density at radius 1 is 1.21 bits per heavy atom. The van der Waals surface area contributed by atoms with E-state index in [2.05, 4.69) is 5.10 Å².